The summed E-state index contributed by atoms with van der Waals surface area (Å²) in [6.07, 6.45) is 2.24. The number of carbonyl (C=O) groups is 1. The van der Waals surface area contributed by atoms with Crippen molar-refractivity contribution >= 4 is 34.3 Å². The first-order valence-electron chi connectivity index (χ1n) is 7.92. The van der Waals surface area contributed by atoms with Crippen molar-refractivity contribution in [2.45, 2.75) is 13.3 Å². The van der Waals surface area contributed by atoms with Gasteiger partial charge in [0.1, 0.15) is 6.26 Å². The predicted molar refractivity (Wildman–Crippen MR) is 107 cm³/mol. The molecule has 128 valence electrons. The Morgan fingerprint density at radius 1 is 1.20 bits per heavy atom. The zero-order chi connectivity index (χ0) is 17.6. The molecule has 0 saturated heterocycles. The van der Waals surface area contributed by atoms with Gasteiger partial charge >= 0.3 is 6.03 Å². The number of aromatic nitrogens is 1. The second kappa shape index (κ2) is 8.15. The Morgan fingerprint density at radius 2 is 2.00 bits per heavy atom. The summed E-state index contributed by atoms with van der Waals surface area (Å²) in [5, 5.41) is 5.63. The topological polar surface area (TPSA) is 67.2 Å². The number of rotatable bonds is 5. The Hall–Kier alpha value is -2.35. The molecule has 3 rings (SSSR count). The summed E-state index contributed by atoms with van der Waals surface area (Å²) in [6, 6.07) is 15.4. The monoisotopic (exact) mass is 447 g/mol. The van der Waals surface area contributed by atoms with Gasteiger partial charge in [-0.2, -0.15) is 0 Å². The summed E-state index contributed by atoms with van der Waals surface area (Å²) in [5.41, 5.74) is 3.72. The molecule has 1 aromatic heterocycles. The Morgan fingerprint density at radius 3 is 2.76 bits per heavy atom. The summed E-state index contributed by atoms with van der Waals surface area (Å²) < 4.78 is 6.59. The molecule has 25 heavy (non-hydrogen) atoms. The van der Waals surface area contributed by atoms with Gasteiger partial charge in [-0.1, -0.05) is 23.8 Å². The number of benzene rings is 2. The first-order chi connectivity index (χ1) is 12.1. The van der Waals surface area contributed by atoms with E-state index in [1.807, 2.05) is 55.5 Å². The molecular formula is C19H18IN3O2. The molecule has 2 amide bonds. The minimum Gasteiger partial charge on any atom is -0.444 e. The van der Waals surface area contributed by atoms with Crippen LogP contribution in [0.4, 0.5) is 10.5 Å². The summed E-state index contributed by atoms with van der Waals surface area (Å²) in [4.78, 5) is 16.4. The highest BCUT2D eigenvalue weighted by Gasteiger charge is 2.07. The van der Waals surface area contributed by atoms with Gasteiger partial charge in [-0.05, 0) is 59.8 Å². The van der Waals surface area contributed by atoms with Gasteiger partial charge in [0, 0.05) is 27.8 Å². The number of halogens is 1. The maximum atomic E-state index is 11.9. The van der Waals surface area contributed by atoms with E-state index in [0.717, 1.165) is 20.5 Å². The van der Waals surface area contributed by atoms with E-state index in [-0.39, 0.29) is 6.03 Å². The van der Waals surface area contributed by atoms with Crippen LogP contribution in [0.5, 0.6) is 0 Å². The van der Waals surface area contributed by atoms with Crippen molar-refractivity contribution in [2.75, 3.05) is 11.9 Å². The summed E-state index contributed by atoms with van der Waals surface area (Å²) in [5.74, 6) is 0.596. The Balaban J connectivity index is 1.49. The van der Waals surface area contributed by atoms with E-state index in [1.54, 1.807) is 6.26 Å². The Kier molecular flexibility index (Phi) is 5.70. The number of nitrogens with one attached hydrogen (secondary N) is 2. The maximum Gasteiger partial charge on any atom is 0.319 e. The van der Waals surface area contributed by atoms with Crippen molar-refractivity contribution in [3.63, 3.8) is 0 Å². The zero-order valence-corrected chi connectivity index (χ0v) is 15.9. The molecule has 0 unspecified atom stereocenters. The van der Waals surface area contributed by atoms with Crippen LogP contribution in [0, 0.1) is 10.5 Å². The van der Waals surface area contributed by atoms with E-state index < -0.39 is 0 Å². The number of hydrogen-bond donors (Lipinski definition) is 2. The van der Waals surface area contributed by atoms with Crippen molar-refractivity contribution < 1.29 is 9.21 Å². The molecule has 3 aromatic rings. The standard InChI is InChI=1S/C19H18IN3O2/c1-13-5-7-14(8-6-13)18-22-17(12-25-18)9-10-21-19(24)23-16-4-2-3-15(20)11-16/h2-8,11-12H,9-10H2,1H3,(H2,21,23,24). The largest absolute Gasteiger partial charge is 0.444 e. The zero-order valence-electron chi connectivity index (χ0n) is 13.8. The van der Waals surface area contributed by atoms with Crippen molar-refractivity contribution in [1.29, 1.82) is 0 Å². The van der Waals surface area contributed by atoms with Gasteiger partial charge in [0.2, 0.25) is 5.89 Å². The van der Waals surface area contributed by atoms with E-state index in [2.05, 4.69) is 38.2 Å². The fraction of sp³-hybridized carbons (Fsp3) is 0.158. The van der Waals surface area contributed by atoms with Crippen LogP contribution in [0.1, 0.15) is 11.3 Å². The molecule has 2 N–H and O–H groups in total. The smallest absolute Gasteiger partial charge is 0.319 e. The molecule has 0 fully saturated rings. The lowest BCUT2D eigenvalue weighted by Crippen LogP contribution is -2.30. The second-order valence-electron chi connectivity index (χ2n) is 5.65. The summed E-state index contributed by atoms with van der Waals surface area (Å²) in [6.45, 7) is 2.52. The van der Waals surface area contributed by atoms with Crippen LogP contribution in [-0.4, -0.2) is 17.6 Å². The van der Waals surface area contributed by atoms with Gasteiger partial charge in [0.05, 0.1) is 5.69 Å². The lowest BCUT2D eigenvalue weighted by molar-refractivity contribution is 0.252. The molecular weight excluding hydrogens is 429 g/mol. The third kappa shape index (κ3) is 5.06. The van der Waals surface area contributed by atoms with Gasteiger partial charge in [-0.3, -0.25) is 0 Å². The van der Waals surface area contributed by atoms with E-state index in [4.69, 9.17) is 4.42 Å². The van der Waals surface area contributed by atoms with E-state index in [1.165, 1.54) is 5.56 Å². The minimum atomic E-state index is -0.232. The fourth-order valence-electron chi connectivity index (χ4n) is 2.30. The molecule has 0 radical (unpaired) electrons. The minimum absolute atomic E-state index is 0.232. The Bertz CT molecular complexity index is 859. The molecule has 0 atom stereocenters. The number of hydrogen-bond acceptors (Lipinski definition) is 3. The first kappa shape index (κ1) is 17.5. The number of nitrogens with zero attached hydrogens (tertiary/aromatic N) is 1. The number of carbonyl (C=O) groups excluding carboxylic acids is 1. The SMILES string of the molecule is Cc1ccc(-c2nc(CCNC(=O)Nc3cccc(I)c3)co2)cc1. The van der Waals surface area contributed by atoms with Crippen LogP contribution in [0.25, 0.3) is 11.5 Å². The van der Waals surface area contributed by atoms with Crippen LogP contribution >= 0.6 is 22.6 Å². The van der Waals surface area contributed by atoms with Gasteiger partial charge in [0.15, 0.2) is 0 Å². The third-order valence-corrected chi connectivity index (χ3v) is 4.27. The highest BCUT2D eigenvalue weighted by atomic mass is 127. The van der Waals surface area contributed by atoms with E-state index in [0.29, 0.717) is 18.9 Å². The van der Waals surface area contributed by atoms with Crippen molar-refractivity contribution in [1.82, 2.24) is 10.3 Å². The third-order valence-electron chi connectivity index (χ3n) is 3.60. The number of anilines is 1. The average Bonchev–Trinajstić information content (AvgIpc) is 3.04. The number of oxazole rings is 1. The van der Waals surface area contributed by atoms with Crippen molar-refractivity contribution in [3.05, 3.63) is 69.6 Å². The average molecular weight is 447 g/mol. The summed E-state index contributed by atoms with van der Waals surface area (Å²) in [7, 11) is 0. The first-order valence-corrected chi connectivity index (χ1v) is 9.00. The molecule has 0 spiro atoms. The Labute approximate surface area is 160 Å². The normalized spacial score (nSPS) is 10.5. The predicted octanol–water partition coefficient (Wildman–Crippen LogP) is 4.62. The van der Waals surface area contributed by atoms with E-state index in [9.17, 15) is 4.79 Å². The molecule has 6 heteroatoms. The van der Waals surface area contributed by atoms with Crippen LogP contribution in [0.3, 0.4) is 0 Å². The molecule has 0 aliphatic carbocycles. The number of aryl methyl sites for hydroxylation is 1. The molecule has 2 aromatic carbocycles. The van der Waals surface area contributed by atoms with Gasteiger partial charge in [-0.15, -0.1) is 0 Å². The fourth-order valence-corrected chi connectivity index (χ4v) is 2.84. The van der Waals surface area contributed by atoms with Gasteiger partial charge in [0.25, 0.3) is 0 Å². The molecule has 0 bridgehead atoms. The van der Waals surface area contributed by atoms with Crippen LogP contribution in [0.15, 0.2) is 59.2 Å². The number of amides is 2. The van der Waals surface area contributed by atoms with E-state index >= 15 is 0 Å². The van der Waals surface area contributed by atoms with Crippen molar-refractivity contribution in [3.8, 4) is 11.5 Å². The lowest BCUT2D eigenvalue weighted by Gasteiger charge is -2.07. The second-order valence-corrected chi connectivity index (χ2v) is 6.90. The molecule has 0 aliphatic heterocycles. The van der Waals surface area contributed by atoms with Crippen LogP contribution in [-0.2, 0) is 6.42 Å². The quantitative estimate of drug-likeness (QED) is 0.561. The highest BCUT2D eigenvalue weighted by molar-refractivity contribution is 14.1. The van der Waals surface area contributed by atoms with Crippen LogP contribution in [0.2, 0.25) is 0 Å². The van der Waals surface area contributed by atoms with Crippen LogP contribution < -0.4 is 10.6 Å². The molecule has 0 saturated carbocycles. The highest BCUT2D eigenvalue weighted by Crippen LogP contribution is 2.19. The molecule has 1 heterocycles. The lowest BCUT2D eigenvalue weighted by atomic mass is 10.1. The summed E-state index contributed by atoms with van der Waals surface area (Å²) >= 11 is 2.21. The van der Waals surface area contributed by atoms with Gasteiger partial charge in [-0.25, -0.2) is 9.78 Å². The van der Waals surface area contributed by atoms with Crippen molar-refractivity contribution in [2.24, 2.45) is 0 Å². The molecule has 5 nitrogen and oxygen atoms in total. The van der Waals surface area contributed by atoms with Gasteiger partial charge < -0.3 is 15.1 Å². The maximum absolute atomic E-state index is 11.9. The number of urea groups is 1. The molecule has 0 aliphatic rings.